The summed E-state index contributed by atoms with van der Waals surface area (Å²) in [5.41, 5.74) is 2.56. The first-order chi connectivity index (χ1) is 17.3. The molecule has 0 fully saturated rings. The Bertz CT molecular complexity index is 1370. The number of carbonyl (C=O) groups is 1. The van der Waals surface area contributed by atoms with Gasteiger partial charge in [0, 0.05) is 32.8 Å². The van der Waals surface area contributed by atoms with Gasteiger partial charge in [-0.25, -0.2) is 0 Å². The number of hydrogen-bond acceptors (Lipinski definition) is 4. The summed E-state index contributed by atoms with van der Waals surface area (Å²) in [6, 6.07) is 18.9. The summed E-state index contributed by atoms with van der Waals surface area (Å²) < 4.78 is 13.9. The van der Waals surface area contributed by atoms with Gasteiger partial charge in [-0.2, -0.15) is 0 Å². The van der Waals surface area contributed by atoms with Gasteiger partial charge >= 0.3 is 5.97 Å². The molecule has 0 spiro atoms. The van der Waals surface area contributed by atoms with Gasteiger partial charge in [-0.15, -0.1) is 5.10 Å². The second kappa shape index (κ2) is 11.7. The van der Waals surface area contributed by atoms with Gasteiger partial charge < -0.3 is 14.6 Å². The maximum atomic E-state index is 11.4. The van der Waals surface area contributed by atoms with E-state index in [-0.39, 0.29) is 12.5 Å². The summed E-state index contributed by atoms with van der Waals surface area (Å²) in [6.45, 7) is 4.83. The highest BCUT2D eigenvalue weighted by molar-refractivity contribution is 6.35. The van der Waals surface area contributed by atoms with Crippen LogP contribution in [0.4, 0.5) is 0 Å². The lowest BCUT2D eigenvalue weighted by atomic mass is 10.0. The highest BCUT2D eigenvalue weighted by Crippen LogP contribution is 2.31. The summed E-state index contributed by atoms with van der Waals surface area (Å²) in [5.74, 6) is 0.294. The molecule has 0 bridgehead atoms. The van der Waals surface area contributed by atoms with Crippen molar-refractivity contribution in [1.82, 2.24) is 9.78 Å². The van der Waals surface area contributed by atoms with Crippen molar-refractivity contribution in [3.05, 3.63) is 87.5 Å². The lowest BCUT2D eigenvalue weighted by Gasteiger charge is -2.14. The molecule has 0 atom stereocenters. The van der Waals surface area contributed by atoms with E-state index in [9.17, 15) is 9.90 Å². The average molecular weight is 527 g/mol. The highest BCUT2D eigenvalue weighted by atomic mass is 35.5. The Morgan fingerprint density at radius 1 is 1.06 bits per heavy atom. The molecule has 36 heavy (non-hydrogen) atoms. The largest absolute Gasteiger partial charge is 0.493 e. The van der Waals surface area contributed by atoms with Crippen LogP contribution in [0.2, 0.25) is 10.0 Å². The molecule has 1 N–H and O–H groups in total. The minimum absolute atomic E-state index is 0.00247. The molecule has 6 nitrogen and oxygen atoms in total. The second-order valence-corrected chi connectivity index (χ2v) is 9.68. The standard InChI is InChI=1S/C28H28Cl2N2O4/c1-18(2)36-26-16-23(32(31-26)17-21-11-12-22(29)15-25(21)30)7-5-13-35-28-20(14-27(33)34)10-9-19-6-3-4-8-24(19)28/h3-4,6,8-12,15-16,18H,5,7,13-14,17H2,1-2H3,(H,33,34). The SMILES string of the molecule is CC(C)Oc1cc(CCCOc2c(CC(=O)O)ccc3ccccc23)n(Cc2ccc(Cl)cc2Cl)n1. The van der Waals surface area contributed by atoms with Crippen LogP contribution in [-0.2, 0) is 24.2 Å². The van der Waals surface area contributed by atoms with E-state index in [0.717, 1.165) is 22.0 Å². The minimum atomic E-state index is -0.891. The number of benzene rings is 3. The third-order valence-corrected chi connectivity index (χ3v) is 6.25. The van der Waals surface area contributed by atoms with Crippen LogP contribution in [0, 0.1) is 0 Å². The topological polar surface area (TPSA) is 73.6 Å². The molecular formula is C28H28Cl2N2O4. The molecule has 4 aromatic rings. The number of nitrogens with zero attached hydrogens (tertiary/aromatic N) is 2. The van der Waals surface area contributed by atoms with Crippen molar-refractivity contribution in [2.45, 2.75) is 45.8 Å². The van der Waals surface area contributed by atoms with Crippen molar-refractivity contribution in [1.29, 1.82) is 0 Å². The van der Waals surface area contributed by atoms with Gasteiger partial charge in [0.05, 0.1) is 25.7 Å². The number of aliphatic carboxylic acids is 1. The number of carboxylic acids is 1. The molecule has 0 aliphatic carbocycles. The van der Waals surface area contributed by atoms with Crippen LogP contribution >= 0.6 is 23.2 Å². The smallest absolute Gasteiger partial charge is 0.307 e. The van der Waals surface area contributed by atoms with E-state index < -0.39 is 5.97 Å². The molecule has 0 radical (unpaired) electrons. The Morgan fingerprint density at radius 2 is 1.83 bits per heavy atom. The van der Waals surface area contributed by atoms with E-state index in [4.69, 9.17) is 32.7 Å². The number of halogens is 2. The molecule has 0 saturated carbocycles. The summed E-state index contributed by atoms with van der Waals surface area (Å²) in [6.07, 6.45) is 1.31. The van der Waals surface area contributed by atoms with E-state index in [1.165, 1.54) is 0 Å². The zero-order valence-corrected chi connectivity index (χ0v) is 21.7. The van der Waals surface area contributed by atoms with E-state index in [2.05, 4.69) is 5.10 Å². The van der Waals surface area contributed by atoms with E-state index >= 15 is 0 Å². The Morgan fingerprint density at radius 3 is 2.58 bits per heavy atom. The summed E-state index contributed by atoms with van der Waals surface area (Å²) >= 11 is 12.4. The van der Waals surface area contributed by atoms with Gasteiger partial charge in [-0.3, -0.25) is 9.48 Å². The Kier molecular flexibility index (Phi) is 8.39. The van der Waals surface area contributed by atoms with Crippen LogP contribution in [-0.4, -0.2) is 33.6 Å². The Balaban J connectivity index is 1.50. The average Bonchev–Trinajstić information content (AvgIpc) is 3.19. The molecule has 3 aromatic carbocycles. The maximum Gasteiger partial charge on any atom is 0.307 e. The first kappa shape index (κ1) is 25.9. The van der Waals surface area contributed by atoms with Crippen LogP contribution in [0.3, 0.4) is 0 Å². The van der Waals surface area contributed by atoms with Crippen LogP contribution in [0.15, 0.2) is 60.7 Å². The predicted octanol–water partition coefficient (Wildman–Crippen LogP) is 6.82. The van der Waals surface area contributed by atoms with Crippen LogP contribution in [0.1, 0.15) is 37.1 Å². The molecule has 8 heteroatoms. The van der Waals surface area contributed by atoms with E-state index in [1.807, 2.05) is 73.1 Å². The minimum Gasteiger partial charge on any atom is -0.493 e. The monoisotopic (exact) mass is 526 g/mol. The van der Waals surface area contributed by atoms with E-state index in [0.29, 0.717) is 53.2 Å². The van der Waals surface area contributed by atoms with Crippen molar-refractivity contribution in [3.8, 4) is 11.6 Å². The van der Waals surface area contributed by atoms with Gasteiger partial charge in [0.15, 0.2) is 0 Å². The molecule has 0 saturated heterocycles. The lowest BCUT2D eigenvalue weighted by molar-refractivity contribution is -0.136. The summed E-state index contributed by atoms with van der Waals surface area (Å²) in [4.78, 5) is 11.4. The van der Waals surface area contributed by atoms with Gasteiger partial charge in [0.2, 0.25) is 5.88 Å². The van der Waals surface area contributed by atoms with Crippen molar-refractivity contribution >= 4 is 39.9 Å². The molecule has 1 aromatic heterocycles. The fourth-order valence-corrected chi connectivity index (χ4v) is 4.53. The molecule has 0 aliphatic rings. The number of rotatable bonds is 11. The number of ether oxygens (including phenoxy) is 2. The first-order valence-corrected chi connectivity index (χ1v) is 12.6. The Labute approximate surface area is 220 Å². The van der Waals surface area contributed by atoms with Crippen molar-refractivity contribution in [3.63, 3.8) is 0 Å². The number of aryl methyl sites for hydroxylation is 1. The number of hydrogen-bond donors (Lipinski definition) is 1. The lowest BCUT2D eigenvalue weighted by Crippen LogP contribution is -2.10. The van der Waals surface area contributed by atoms with Gasteiger partial charge in [0.1, 0.15) is 5.75 Å². The second-order valence-electron chi connectivity index (χ2n) is 8.83. The van der Waals surface area contributed by atoms with Gasteiger partial charge in [0.25, 0.3) is 0 Å². The van der Waals surface area contributed by atoms with Crippen LogP contribution < -0.4 is 9.47 Å². The van der Waals surface area contributed by atoms with Crippen molar-refractivity contribution < 1.29 is 19.4 Å². The van der Waals surface area contributed by atoms with Gasteiger partial charge in [-0.05, 0) is 49.8 Å². The van der Waals surface area contributed by atoms with Gasteiger partial charge in [-0.1, -0.05) is 65.7 Å². The molecule has 4 rings (SSSR count). The molecular weight excluding hydrogens is 499 g/mol. The summed E-state index contributed by atoms with van der Waals surface area (Å²) in [7, 11) is 0. The third kappa shape index (κ3) is 6.50. The van der Waals surface area contributed by atoms with Crippen LogP contribution in [0.25, 0.3) is 10.8 Å². The zero-order valence-electron chi connectivity index (χ0n) is 20.2. The maximum absolute atomic E-state index is 11.4. The molecule has 0 amide bonds. The fraction of sp³-hybridized carbons (Fsp3) is 0.286. The molecule has 1 heterocycles. The Hall–Kier alpha value is -3.22. The van der Waals surface area contributed by atoms with Crippen molar-refractivity contribution in [2.75, 3.05) is 6.61 Å². The van der Waals surface area contributed by atoms with E-state index in [1.54, 1.807) is 6.07 Å². The molecule has 188 valence electrons. The normalized spacial score (nSPS) is 11.2. The first-order valence-electron chi connectivity index (χ1n) is 11.8. The number of fused-ring (bicyclic) bond motifs is 1. The quantitative estimate of drug-likeness (QED) is 0.217. The van der Waals surface area contributed by atoms with Crippen molar-refractivity contribution in [2.24, 2.45) is 0 Å². The fourth-order valence-electron chi connectivity index (χ4n) is 4.07. The predicted molar refractivity (Wildman–Crippen MR) is 143 cm³/mol. The zero-order chi connectivity index (χ0) is 25.7. The van der Waals surface area contributed by atoms with Crippen LogP contribution in [0.5, 0.6) is 11.6 Å². The molecule has 0 aliphatic heterocycles. The third-order valence-electron chi connectivity index (χ3n) is 5.66. The highest BCUT2D eigenvalue weighted by Gasteiger charge is 2.15. The molecule has 0 unspecified atom stereocenters. The number of aromatic nitrogens is 2. The summed E-state index contributed by atoms with van der Waals surface area (Å²) in [5, 5.41) is 17.1. The number of carboxylic acid groups (broad SMARTS) is 1.